The largest absolute Gasteiger partial charge is 0.465 e. The third kappa shape index (κ3) is 3.67. The molecule has 140 valence electrons. The highest BCUT2D eigenvalue weighted by atomic mass is 19.4. The smallest absolute Gasteiger partial charge is 0.417 e. The number of halogens is 3. The second kappa shape index (κ2) is 6.38. The van der Waals surface area contributed by atoms with Gasteiger partial charge in [0.15, 0.2) is 0 Å². The van der Waals surface area contributed by atoms with E-state index < -0.39 is 23.4 Å². The van der Waals surface area contributed by atoms with Crippen molar-refractivity contribution in [2.75, 3.05) is 11.9 Å². The predicted octanol–water partition coefficient (Wildman–Crippen LogP) is 4.46. The quantitative estimate of drug-likeness (QED) is 0.818. The zero-order chi connectivity index (χ0) is 19.0. The molecule has 0 spiro atoms. The maximum atomic E-state index is 12.7. The molecule has 0 bridgehead atoms. The van der Waals surface area contributed by atoms with Gasteiger partial charge in [-0.1, -0.05) is 20.8 Å². The number of hydrogen-bond donors (Lipinski definition) is 2. The van der Waals surface area contributed by atoms with Crippen LogP contribution in [0.15, 0.2) is 18.3 Å². The molecule has 0 saturated carbocycles. The first-order valence-corrected chi connectivity index (χ1v) is 8.17. The Labute approximate surface area is 145 Å². The standard InChI is InChI=1S/C17H24F3N3O2/c1-15(2,3)16(4)12(6-5-9-23(16)14(24)25)22-13-8-7-11(10-21-13)17(18,19)20/h7-8,10,12H,5-6,9H2,1-4H3,(H,21,22)(H,24,25)/t12?,16-/m1/s1. The van der Waals surface area contributed by atoms with Crippen LogP contribution >= 0.6 is 0 Å². The van der Waals surface area contributed by atoms with Gasteiger partial charge in [-0.2, -0.15) is 13.2 Å². The summed E-state index contributed by atoms with van der Waals surface area (Å²) in [5, 5.41) is 12.8. The molecule has 2 rings (SSSR count). The highest BCUT2D eigenvalue weighted by Gasteiger charge is 2.52. The third-order valence-corrected chi connectivity index (χ3v) is 5.28. The van der Waals surface area contributed by atoms with Crippen molar-refractivity contribution >= 4 is 11.9 Å². The summed E-state index contributed by atoms with van der Waals surface area (Å²) >= 11 is 0. The van der Waals surface area contributed by atoms with Gasteiger partial charge in [-0.15, -0.1) is 0 Å². The Hall–Kier alpha value is -1.99. The molecule has 1 aromatic heterocycles. The van der Waals surface area contributed by atoms with Crippen molar-refractivity contribution in [3.63, 3.8) is 0 Å². The summed E-state index contributed by atoms with van der Waals surface area (Å²) in [4.78, 5) is 17.0. The molecule has 1 unspecified atom stereocenters. The van der Waals surface area contributed by atoms with Gasteiger partial charge in [0, 0.05) is 12.7 Å². The molecule has 1 aliphatic rings. The fourth-order valence-electron chi connectivity index (χ4n) is 3.41. The second-order valence-electron chi connectivity index (χ2n) is 7.60. The Kier molecular flexibility index (Phi) is 4.94. The number of carbonyl (C=O) groups is 1. The van der Waals surface area contributed by atoms with Gasteiger partial charge in [0.1, 0.15) is 5.82 Å². The Bertz CT molecular complexity index is 626. The summed E-state index contributed by atoms with van der Waals surface area (Å²) in [7, 11) is 0. The van der Waals surface area contributed by atoms with Crippen molar-refractivity contribution in [2.24, 2.45) is 5.41 Å². The van der Waals surface area contributed by atoms with Crippen LogP contribution in [0.5, 0.6) is 0 Å². The van der Waals surface area contributed by atoms with Crippen molar-refractivity contribution < 1.29 is 23.1 Å². The number of nitrogens with one attached hydrogen (secondary N) is 1. The Morgan fingerprint density at radius 2 is 2.00 bits per heavy atom. The van der Waals surface area contributed by atoms with Crippen LogP contribution in [0.2, 0.25) is 0 Å². The number of aromatic nitrogens is 1. The molecule has 1 aliphatic heterocycles. The van der Waals surface area contributed by atoms with Crippen LogP contribution in [-0.2, 0) is 6.18 Å². The van der Waals surface area contributed by atoms with Crippen molar-refractivity contribution in [3.8, 4) is 0 Å². The summed E-state index contributed by atoms with van der Waals surface area (Å²) < 4.78 is 38.0. The summed E-state index contributed by atoms with van der Waals surface area (Å²) in [6.45, 7) is 8.19. The first-order chi connectivity index (χ1) is 11.4. The highest BCUT2D eigenvalue weighted by molar-refractivity contribution is 5.67. The number of nitrogens with zero attached hydrogens (tertiary/aromatic N) is 2. The molecule has 1 saturated heterocycles. The Morgan fingerprint density at radius 1 is 1.36 bits per heavy atom. The van der Waals surface area contributed by atoms with Crippen molar-refractivity contribution in [2.45, 2.75) is 58.3 Å². The number of anilines is 1. The van der Waals surface area contributed by atoms with E-state index in [1.54, 1.807) is 0 Å². The summed E-state index contributed by atoms with van der Waals surface area (Å²) in [5.74, 6) is 0.306. The average molecular weight is 359 g/mol. The molecule has 0 aliphatic carbocycles. The summed E-state index contributed by atoms with van der Waals surface area (Å²) in [6.07, 6.45) is -3.26. The van der Waals surface area contributed by atoms with Crippen molar-refractivity contribution in [3.05, 3.63) is 23.9 Å². The molecule has 25 heavy (non-hydrogen) atoms. The van der Waals surface area contributed by atoms with E-state index >= 15 is 0 Å². The van der Waals surface area contributed by atoms with Crippen LogP contribution in [0.25, 0.3) is 0 Å². The van der Waals surface area contributed by atoms with Gasteiger partial charge in [0.05, 0.1) is 17.1 Å². The monoisotopic (exact) mass is 359 g/mol. The summed E-state index contributed by atoms with van der Waals surface area (Å²) in [5.41, 5.74) is -1.93. The topological polar surface area (TPSA) is 65.5 Å². The lowest BCUT2D eigenvalue weighted by Crippen LogP contribution is -2.68. The van der Waals surface area contributed by atoms with Crippen LogP contribution < -0.4 is 5.32 Å². The minimum absolute atomic E-state index is 0.262. The molecular formula is C17H24F3N3O2. The first-order valence-electron chi connectivity index (χ1n) is 8.17. The Balaban J connectivity index is 2.31. The molecule has 8 heteroatoms. The number of likely N-dealkylation sites (tertiary alicyclic amines) is 1. The maximum absolute atomic E-state index is 12.7. The third-order valence-electron chi connectivity index (χ3n) is 5.28. The molecule has 0 aromatic carbocycles. The molecule has 1 fully saturated rings. The minimum Gasteiger partial charge on any atom is -0.465 e. The maximum Gasteiger partial charge on any atom is 0.417 e. The lowest BCUT2D eigenvalue weighted by molar-refractivity contribution is -0.137. The molecule has 2 heterocycles. The van der Waals surface area contributed by atoms with Crippen LogP contribution in [0.4, 0.5) is 23.8 Å². The predicted molar refractivity (Wildman–Crippen MR) is 88.5 cm³/mol. The van der Waals surface area contributed by atoms with E-state index in [2.05, 4.69) is 10.3 Å². The fourth-order valence-corrected chi connectivity index (χ4v) is 3.41. The number of rotatable bonds is 2. The van der Waals surface area contributed by atoms with Gasteiger partial charge in [-0.05, 0) is 37.3 Å². The molecule has 2 atom stereocenters. The number of piperidine rings is 1. The van der Waals surface area contributed by atoms with E-state index in [1.807, 2.05) is 27.7 Å². The minimum atomic E-state index is -4.43. The van der Waals surface area contributed by atoms with Crippen LogP contribution in [-0.4, -0.2) is 39.2 Å². The molecule has 1 amide bonds. The van der Waals surface area contributed by atoms with Gasteiger partial charge in [0.2, 0.25) is 0 Å². The number of hydrogen-bond acceptors (Lipinski definition) is 3. The number of pyridine rings is 1. The molecule has 5 nitrogen and oxygen atoms in total. The van der Waals surface area contributed by atoms with Crippen LogP contribution in [0.1, 0.15) is 46.1 Å². The number of carboxylic acid groups (broad SMARTS) is 1. The van der Waals surface area contributed by atoms with Crippen LogP contribution in [0, 0.1) is 5.41 Å². The molecule has 1 aromatic rings. The Morgan fingerprint density at radius 3 is 2.44 bits per heavy atom. The van der Waals surface area contributed by atoms with Crippen molar-refractivity contribution in [1.29, 1.82) is 0 Å². The van der Waals surface area contributed by atoms with Gasteiger partial charge in [-0.3, -0.25) is 0 Å². The van der Waals surface area contributed by atoms with Gasteiger partial charge < -0.3 is 15.3 Å². The number of amides is 1. The lowest BCUT2D eigenvalue weighted by Gasteiger charge is -2.56. The number of alkyl halides is 3. The van der Waals surface area contributed by atoms with E-state index in [0.29, 0.717) is 25.2 Å². The van der Waals surface area contributed by atoms with Crippen molar-refractivity contribution in [1.82, 2.24) is 9.88 Å². The van der Waals surface area contributed by atoms with Gasteiger partial charge in [0.25, 0.3) is 0 Å². The van der Waals surface area contributed by atoms with E-state index in [-0.39, 0.29) is 11.5 Å². The molecule has 2 N–H and O–H groups in total. The van der Waals surface area contributed by atoms with E-state index in [1.165, 1.54) is 11.0 Å². The van der Waals surface area contributed by atoms with Gasteiger partial charge >= 0.3 is 12.3 Å². The van der Waals surface area contributed by atoms with Crippen LogP contribution in [0.3, 0.4) is 0 Å². The fraction of sp³-hybridized carbons (Fsp3) is 0.647. The van der Waals surface area contributed by atoms with E-state index in [4.69, 9.17) is 0 Å². The molecular weight excluding hydrogens is 335 g/mol. The highest BCUT2D eigenvalue weighted by Crippen LogP contribution is 2.43. The normalized spacial score (nSPS) is 24.9. The van der Waals surface area contributed by atoms with E-state index in [0.717, 1.165) is 12.3 Å². The second-order valence-corrected chi connectivity index (χ2v) is 7.60. The zero-order valence-corrected chi connectivity index (χ0v) is 14.8. The zero-order valence-electron chi connectivity index (χ0n) is 14.8. The molecule has 0 radical (unpaired) electrons. The summed E-state index contributed by atoms with van der Waals surface area (Å²) in [6, 6.07) is 1.99. The lowest BCUT2D eigenvalue weighted by atomic mass is 9.66. The SMILES string of the molecule is CC(C)(C)[C@@]1(C)C(Nc2ccc(C(F)(F)F)cn2)CCCN1C(=O)O. The average Bonchev–Trinajstić information content (AvgIpc) is 2.47. The van der Waals surface area contributed by atoms with Gasteiger partial charge in [-0.25, -0.2) is 9.78 Å². The van der Waals surface area contributed by atoms with E-state index in [9.17, 15) is 23.1 Å². The first kappa shape index (κ1) is 19.3.